The summed E-state index contributed by atoms with van der Waals surface area (Å²) in [5, 5.41) is 19.8. The van der Waals surface area contributed by atoms with Gasteiger partial charge in [-0.3, -0.25) is 4.98 Å². The first kappa shape index (κ1) is 19.4. The number of nitrogens with zero attached hydrogens (tertiary/aromatic N) is 4. The third kappa shape index (κ3) is 3.53. The average Bonchev–Trinajstić information content (AvgIpc) is 2.92. The van der Waals surface area contributed by atoms with Gasteiger partial charge in [0.25, 0.3) is 0 Å². The summed E-state index contributed by atoms with van der Waals surface area (Å²) in [5.74, 6) is 0. The van der Waals surface area contributed by atoms with Crippen molar-refractivity contribution in [3.05, 3.63) is 82.2 Å². The summed E-state index contributed by atoms with van der Waals surface area (Å²) in [6, 6.07) is 13.4. The van der Waals surface area contributed by atoms with Crippen molar-refractivity contribution in [3.8, 4) is 17.2 Å². The molecule has 5 heteroatoms. The first-order valence-electron chi connectivity index (χ1n) is 9.01. The fraction of sp³-hybridized carbons (Fsp3) is 0.261. The maximum atomic E-state index is 10.1. The normalized spacial score (nSPS) is 11.1. The van der Waals surface area contributed by atoms with Crippen LogP contribution in [0.15, 0.2) is 42.6 Å². The van der Waals surface area contributed by atoms with Crippen molar-refractivity contribution >= 4 is 5.69 Å². The highest BCUT2D eigenvalue weighted by molar-refractivity contribution is 5.76. The molecule has 2 heterocycles. The maximum absolute atomic E-state index is 10.1. The molecule has 0 unspecified atom stereocenters. The minimum absolute atomic E-state index is 0.578. The monoisotopic (exact) mass is 370 g/mol. The summed E-state index contributed by atoms with van der Waals surface area (Å²) in [7, 11) is 0. The Kier molecular flexibility index (Phi) is 5.05. The highest BCUT2D eigenvalue weighted by Gasteiger charge is 2.20. The summed E-state index contributed by atoms with van der Waals surface area (Å²) in [6.07, 6.45) is 1.77. The zero-order valence-corrected chi connectivity index (χ0v) is 16.5. The Morgan fingerprint density at radius 2 is 1.82 bits per heavy atom. The first-order valence-corrected chi connectivity index (χ1v) is 9.01. The Morgan fingerprint density at radius 1 is 1.14 bits per heavy atom. The van der Waals surface area contributed by atoms with Crippen LogP contribution < -0.4 is 0 Å². The van der Waals surface area contributed by atoms with Gasteiger partial charge in [0.2, 0.25) is 0 Å². The van der Waals surface area contributed by atoms with Crippen LogP contribution in [0.2, 0.25) is 0 Å². The predicted molar refractivity (Wildman–Crippen MR) is 109 cm³/mol. The van der Waals surface area contributed by atoms with Gasteiger partial charge >= 0.3 is 0 Å². The molecule has 3 rings (SSSR count). The Hall–Kier alpha value is -3.41. The molecule has 0 bridgehead atoms. The van der Waals surface area contributed by atoms with E-state index in [1.807, 2.05) is 38.1 Å². The van der Waals surface area contributed by atoms with E-state index < -0.39 is 5.60 Å². The standard InChI is InChI=1S/C23H22N4O/c1-15-20(12-24)22(18-7-9-19(25-5)10-8-18)16(2)27(15)14-17-6-11-21(26-13-17)23(3,4)28/h6-11,13,28H,14H2,1-4H3. The number of nitriles is 1. The van der Waals surface area contributed by atoms with Gasteiger partial charge in [0, 0.05) is 29.7 Å². The number of aliphatic hydroxyl groups is 1. The number of hydrogen-bond acceptors (Lipinski definition) is 3. The largest absolute Gasteiger partial charge is 0.384 e. The predicted octanol–water partition coefficient (Wildman–Crippen LogP) is 4.87. The van der Waals surface area contributed by atoms with Crippen molar-refractivity contribution in [2.45, 2.75) is 39.8 Å². The fourth-order valence-electron chi connectivity index (χ4n) is 3.38. The molecule has 0 aliphatic heterocycles. The molecule has 0 spiro atoms. The summed E-state index contributed by atoms with van der Waals surface area (Å²) in [4.78, 5) is 7.80. The lowest BCUT2D eigenvalue weighted by Crippen LogP contribution is -2.17. The number of benzene rings is 1. The molecule has 0 fully saturated rings. The summed E-state index contributed by atoms with van der Waals surface area (Å²) < 4.78 is 2.11. The van der Waals surface area contributed by atoms with E-state index in [0.29, 0.717) is 23.5 Å². The molecule has 0 aliphatic carbocycles. The first-order chi connectivity index (χ1) is 13.3. The lowest BCUT2D eigenvalue weighted by atomic mass is 10.0. The van der Waals surface area contributed by atoms with Crippen LogP contribution in [0.1, 0.15) is 42.1 Å². The Morgan fingerprint density at radius 3 is 2.32 bits per heavy atom. The number of rotatable bonds is 4. The van der Waals surface area contributed by atoms with E-state index in [1.54, 1.807) is 32.2 Å². The van der Waals surface area contributed by atoms with Crippen molar-refractivity contribution in [3.63, 3.8) is 0 Å². The van der Waals surface area contributed by atoms with E-state index in [2.05, 4.69) is 20.5 Å². The molecule has 5 nitrogen and oxygen atoms in total. The number of aromatic nitrogens is 2. The van der Waals surface area contributed by atoms with E-state index in [1.165, 1.54) is 0 Å². The number of hydrogen-bond donors (Lipinski definition) is 1. The number of pyridine rings is 1. The second-order valence-electron chi connectivity index (χ2n) is 7.39. The third-order valence-corrected chi connectivity index (χ3v) is 4.97. The van der Waals surface area contributed by atoms with Gasteiger partial charge < -0.3 is 9.67 Å². The topological polar surface area (TPSA) is 66.2 Å². The molecule has 3 aromatic rings. The van der Waals surface area contributed by atoms with Crippen molar-refractivity contribution in [1.82, 2.24) is 9.55 Å². The van der Waals surface area contributed by atoms with Gasteiger partial charge in [0.15, 0.2) is 5.69 Å². The summed E-state index contributed by atoms with van der Waals surface area (Å²) in [5.41, 5.74) is 5.59. The van der Waals surface area contributed by atoms with Gasteiger partial charge in [-0.15, -0.1) is 0 Å². The smallest absolute Gasteiger partial charge is 0.187 e. The fourth-order valence-corrected chi connectivity index (χ4v) is 3.38. The van der Waals surface area contributed by atoms with Gasteiger partial charge in [0.05, 0.1) is 17.8 Å². The Labute approximate surface area is 165 Å². The molecule has 0 atom stereocenters. The lowest BCUT2D eigenvalue weighted by molar-refractivity contribution is 0.0738. The maximum Gasteiger partial charge on any atom is 0.187 e. The average molecular weight is 370 g/mol. The minimum Gasteiger partial charge on any atom is -0.384 e. The molecule has 1 N–H and O–H groups in total. The van der Waals surface area contributed by atoms with Crippen molar-refractivity contribution in [1.29, 1.82) is 5.26 Å². The Bertz CT molecular complexity index is 1090. The highest BCUT2D eigenvalue weighted by Crippen LogP contribution is 2.33. The third-order valence-electron chi connectivity index (χ3n) is 4.97. The molecule has 0 saturated carbocycles. The van der Waals surface area contributed by atoms with Crippen LogP contribution in [0.4, 0.5) is 5.69 Å². The van der Waals surface area contributed by atoms with Crippen molar-refractivity contribution in [2.24, 2.45) is 0 Å². The molecule has 140 valence electrons. The van der Waals surface area contributed by atoms with E-state index >= 15 is 0 Å². The SMILES string of the molecule is [C-]#[N+]c1ccc(-c2c(C#N)c(C)n(Cc3ccc(C(C)(C)O)nc3)c2C)cc1. The zero-order valence-electron chi connectivity index (χ0n) is 16.5. The second-order valence-corrected chi connectivity index (χ2v) is 7.39. The van der Waals surface area contributed by atoms with Crippen LogP contribution in [0.5, 0.6) is 0 Å². The van der Waals surface area contributed by atoms with Gasteiger partial charge in [0.1, 0.15) is 11.7 Å². The molecular weight excluding hydrogens is 348 g/mol. The van der Waals surface area contributed by atoms with E-state index in [4.69, 9.17) is 6.57 Å². The zero-order chi connectivity index (χ0) is 20.5. The molecule has 2 aromatic heterocycles. The van der Waals surface area contributed by atoms with Crippen LogP contribution in [0.25, 0.3) is 16.0 Å². The van der Waals surface area contributed by atoms with Gasteiger partial charge in [-0.1, -0.05) is 30.3 Å². The van der Waals surface area contributed by atoms with Crippen LogP contribution in [0, 0.1) is 31.8 Å². The second kappa shape index (κ2) is 7.31. The van der Waals surface area contributed by atoms with Gasteiger partial charge in [-0.2, -0.15) is 5.26 Å². The van der Waals surface area contributed by atoms with Crippen LogP contribution in [-0.2, 0) is 12.1 Å². The summed E-state index contributed by atoms with van der Waals surface area (Å²) in [6.45, 7) is 15.1. The molecule has 28 heavy (non-hydrogen) atoms. The highest BCUT2D eigenvalue weighted by atomic mass is 16.3. The van der Waals surface area contributed by atoms with Gasteiger partial charge in [-0.05, 0) is 44.9 Å². The summed E-state index contributed by atoms with van der Waals surface area (Å²) >= 11 is 0. The molecule has 0 amide bonds. The Balaban J connectivity index is 2.02. The van der Waals surface area contributed by atoms with Crippen LogP contribution in [-0.4, -0.2) is 14.7 Å². The van der Waals surface area contributed by atoms with Crippen molar-refractivity contribution in [2.75, 3.05) is 0 Å². The minimum atomic E-state index is -0.976. The molecule has 0 saturated heterocycles. The molecule has 0 aliphatic rings. The molecule has 0 radical (unpaired) electrons. The van der Waals surface area contributed by atoms with E-state index in [9.17, 15) is 10.4 Å². The van der Waals surface area contributed by atoms with E-state index in [0.717, 1.165) is 28.1 Å². The van der Waals surface area contributed by atoms with Gasteiger partial charge in [-0.25, -0.2) is 4.85 Å². The van der Waals surface area contributed by atoms with E-state index in [-0.39, 0.29) is 0 Å². The van der Waals surface area contributed by atoms with Crippen LogP contribution in [0.3, 0.4) is 0 Å². The molecule has 1 aromatic carbocycles. The van der Waals surface area contributed by atoms with Crippen LogP contribution >= 0.6 is 0 Å². The molecular formula is C23H22N4O. The van der Waals surface area contributed by atoms with Crippen molar-refractivity contribution < 1.29 is 5.11 Å². The quantitative estimate of drug-likeness (QED) is 0.667. The lowest BCUT2D eigenvalue weighted by Gasteiger charge is -2.17.